The molecule has 2 heterocycles. The molecule has 69 heavy (non-hydrogen) atoms. The number of anilines is 1. The summed E-state index contributed by atoms with van der Waals surface area (Å²) in [4.78, 5) is 0. The second-order valence-electron chi connectivity index (χ2n) is 19.2. The Labute approximate surface area is 403 Å². The third-order valence-electron chi connectivity index (χ3n) is 14.5. The van der Waals surface area contributed by atoms with Crippen LogP contribution >= 0.6 is 10.0 Å². The molecule has 9 heteroatoms. The predicted octanol–water partition coefficient (Wildman–Crippen LogP) is 16.3. The molecule has 1 aliphatic rings. The highest BCUT2D eigenvalue weighted by atomic mass is 32.3. The van der Waals surface area contributed by atoms with Gasteiger partial charge in [-0.25, -0.2) is 27.6 Å². The molecule has 0 saturated heterocycles. The van der Waals surface area contributed by atoms with E-state index in [-0.39, 0.29) is 22.2 Å². The molecule has 7 aromatic carbocycles. The molecule has 0 unspecified atom stereocenters. The van der Waals surface area contributed by atoms with Crippen LogP contribution < -0.4 is 10.5 Å². The zero-order chi connectivity index (χ0) is 48.5. The number of hydrogen-bond acceptors (Lipinski definition) is 2. The molecule has 0 amide bonds. The van der Waals surface area contributed by atoms with E-state index in [0.29, 0.717) is 40.1 Å². The number of ether oxygens (including phenoxy) is 1. The lowest BCUT2D eigenvalue weighted by molar-refractivity contribution is 0.382. The van der Waals surface area contributed by atoms with Crippen molar-refractivity contribution in [3.63, 3.8) is 0 Å². The van der Waals surface area contributed by atoms with E-state index in [9.17, 15) is 0 Å². The molecule has 2 N–H and O–H groups in total. The Morgan fingerprint density at radius 3 is 1.77 bits per heavy atom. The van der Waals surface area contributed by atoms with E-state index in [1.807, 2.05) is 69.3 Å². The normalized spacial score (nSPS) is 13.1. The van der Waals surface area contributed by atoms with Crippen LogP contribution in [0.3, 0.4) is 0 Å². The summed E-state index contributed by atoms with van der Waals surface area (Å²) < 4.78 is 73.5. The summed E-state index contributed by atoms with van der Waals surface area (Å²) in [6.45, 7) is 14.7. The third kappa shape index (κ3) is 7.89. The van der Waals surface area contributed by atoms with Crippen LogP contribution in [0.5, 0.6) is 5.75 Å². The Kier molecular flexibility index (Phi) is 12.0. The molecule has 0 aliphatic heterocycles. The number of aromatic nitrogens is 2. The van der Waals surface area contributed by atoms with Crippen LogP contribution in [0.2, 0.25) is 0 Å². The van der Waals surface area contributed by atoms with Crippen LogP contribution in [0, 0.1) is 44.0 Å². The van der Waals surface area contributed by atoms with Gasteiger partial charge in [0.15, 0.2) is 23.3 Å². The van der Waals surface area contributed by atoms with Gasteiger partial charge < -0.3 is 19.6 Å². The molecule has 1 aliphatic carbocycles. The third-order valence-corrected chi connectivity index (χ3v) is 19.8. The topological polar surface area (TPSA) is 45.1 Å². The van der Waals surface area contributed by atoms with Gasteiger partial charge in [-0.15, -0.1) is 0 Å². The molecule has 0 atom stereocenters. The fourth-order valence-corrected chi connectivity index (χ4v) is 14.5. The van der Waals surface area contributed by atoms with Gasteiger partial charge in [0.05, 0.1) is 27.9 Å². The summed E-state index contributed by atoms with van der Waals surface area (Å²) in [5, 5.41) is 3.61. The molecular formula is C60H57F4N3OS. The Morgan fingerprint density at radius 2 is 1.13 bits per heavy atom. The molecule has 10 rings (SSSR count). The Bertz CT molecular complexity index is 3470. The lowest BCUT2D eigenvalue weighted by atomic mass is 9.94. The first-order valence-electron chi connectivity index (χ1n) is 23.8. The smallest absolute Gasteiger partial charge is 0.162 e. The first kappa shape index (κ1) is 46.0. The minimum absolute atomic E-state index is 0.112. The second kappa shape index (κ2) is 18.0. The van der Waals surface area contributed by atoms with Crippen molar-refractivity contribution in [1.82, 2.24) is 9.13 Å². The molecule has 0 spiro atoms. The zero-order valence-electron chi connectivity index (χ0n) is 40.2. The maximum atomic E-state index is 15.6. The number of nitrogen functional groups attached to an aromatic ring is 1. The highest BCUT2D eigenvalue weighted by molar-refractivity contribution is 8.34. The van der Waals surface area contributed by atoms with Crippen molar-refractivity contribution in [2.45, 2.75) is 78.2 Å². The number of rotatable bonds is 12. The van der Waals surface area contributed by atoms with Crippen molar-refractivity contribution < 1.29 is 22.3 Å². The SMILES string of the molecule is Cc1cc(-c2cc(F)c(F)cc2CCS(COc2cc(F)c(F)cc2-c2cc(C)cc(-n3c4ccccc4c4ccccc43)c2C)(C(C)C)C(C)C)c(N)c(-n2c3c(c4ccccc42)C=CCC3)c1. The largest absolute Gasteiger partial charge is 0.484 e. The second-order valence-corrected chi connectivity index (χ2v) is 23.8. The number of nitrogens with zero attached hydrogens (tertiary/aromatic N) is 2. The minimum Gasteiger partial charge on any atom is -0.484 e. The number of halogens is 4. The van der Waals surface area contributed by atoms with E-state index < -0.39 is 33.3 Å². The van der Waals surface area contributed by atoms with Crippen LogP contribution in [0.25, 0.3) is 72.4 Å². The molecule has 9 aromatic rings. The summed E-state index contributed by atoms with van der Waals surface area (Å²) in [6.07, 6.45) is 6.53. The number of allylic oxidation sites excluding steroid dienone is 1. The van der Waals surface area contributed by atoms with E-state index >= 15 is 17.6 Å². The average Bonchev–Trinajstić information content (AvgIpc) is 3.85. The van der Waals surface area contributed by atoms with E-state index in [2.05, 4.69) is 97.5 Å². The molecule has 0 bridgehead atoms. The average molecular weight is 944 g/mol. The Morgan fingerprint density at radius 1 is 0.594 bits per heavy atom. The molecule has 2 aromatic heterocycles. The van der Waals surface area contributed by atoms with Gasteiger partial charge in [0.2, 0.25) is 0 Å². The summed E-state index contributed by atoms with van der Waals surface area (Å²) >= 11 is 0. The van der Waals surface area contributed by atoms with Gasteiger partial charge in [0, 0.05) is 50.3 Å². The van der Waals surface area contributed by atoms with Crippen LogP contribution in [0.1, 0.15) is 67.6 Å². The summed E-state index contributed by atoms with van der Waals surface area (Å²) in [7, 11) is -1.78. The fraction of sp³-hybridized carbons (Fsp3) is 0.233. The lowest BCUT2D eigenvalue weighted by Crippen LogP contribution is -2.30. The van der Waals surface area contributed by atoms with Gasteiger partial charge >= 0.3 is 0 Å². The van der Waals surface area contributed by atoms with E-state index in [1.54, 1.807) is 0 Å². The Balaban J connectivity index is 1.03. The lowest BCUT2D eigenvalue weighted by Gasteiger charge is -2.47. The van der Waals surface area contributed by atoms with Crippen LogP contribution in [-0.4, -0.2) is 31.3 Å². The predicted molar refractivity (Wildman–Crippen MR) is 283 cm³/mol. The van der Waals surface area contributed by atoms with E-state index in [1.165, 1.54) is 35.5 Å². The van der Waals surface area contributed by atoms with Crippen LogP contribution in [-0.2, 0) is 12.8 Å². The number of fused-ring (bicyclic) bond motifs is 6. The van der Waals surface area contributed by atoms with Gasteiger partial charge in [-0.2, -0.15) is 0 Å². The fourth-order valence-electron chi connectivity index (χ4n) is 10.9. The highest BCUT2D eigenvalue weighted by Crippen LogP contribution is 2.58. The number of para-hydroxylation sites is 3. The molecule has 0 radical (unpaired) electrons. The van der Waals surface area contributed by atoms with Crippen molar-refractivity contribution in [1.29, 1.82) is 0 Å². The number of aryl methyl sites for hydroxylation is 3. The molecule has 0 fully saturated rings. The van der Waals surface area contributed by atoms with Crippen LogP contribution in [0.4, 0.5) is 23.2 Å². The maximum absolute atomic E-state index is 15.6. The van der Waals surface area contributed by atoms with Gasteiger partial charge in [0.1, 0.15) is 11.7 Å². The van der Waals surface area contributed by atoms with Crippen molar-refractivity contribution in [2.75, 3.05) is 17.4 Å². The molecule has 352 valence electrons. The molecule has 0 saturated carbocycles. The Hall–Kier alpha value is -6.71. The molecule has 4 nitrogen and oxygen atoms in total. The van der Waals surface area contributed by atoms with E-state index in [4.69, 9.17) is 10.5 Å². The highest BCUT2D eigenvalue weighted by Gasteiger charge is 2.34. The number of hydrogen-bond donors (Lipinski definition) is 1. The van der Waals surface area contributed by atoms with Crippen molar-refractivity contribution in [2.24, 2.45) is 0 Å². The van der Waals surface area contributed by atoms with Gasteiger partial charge in [-0.1, -0.05) is 101 Å². The van der Waals surface area contributed by atoms with Gasteiger partial charge in [-0.3, -0.25) is 0 Å². The monoisotopic (exact) mass is 943 g/mol. The van der Waals surface area contributed by atoms with Crippen molar-refractivity contribution >= 4 is 54.5 Å². The van der Waals surface area contributed by atoms with Crippen molar-refractivity contribution in [3.8, 4) is 39.4 Å². The van der Waals surface area contributed by atoms with E-state index in [0.717, 1.165) is 79.2 Å². The van der Waals surface area contributed by atoms with Crippen LogP contribution in [0.15, 0.2) is 127 Å². The van der Waals surface area contributed by atoms with Crippen molar-refractivity contribution in [3.05, 3.63) is 184 Å². The first-order chi connectivity index (χ1) is 33.2. The summed E-state index contributed by atoms with van der Waals surface area (Å²) in [5.41, 5.74) is 20.7. The number of benzene rings is 7. The van der Waals surface area contributed by atoms with Gasteiger partial charge in [-0.05, 0) is 144 Å². The number of nitrogens with two attached hydrogens (primary N) is 1. The van der Waals surface area contributed by atoms with Gasteiger partial charge in [0.25, 0.3) is 0 Å². The maximum Gasteiger partial charge on any atom is 0.162 e. The zero-order valence-corrected chi connectivity index (χ0v) is 41.0. The standard InChI is InChI=1S/C60H57F4N3OS/c1-35(2)69(36(3)4,25-24-40-30-49(61)50(62)31-46(40)48-27-38(6)29-58(60(48)65)67-55-22-14-10-18-43(55)44-19-11-15-23-56(44)67)34-68-59-33-52(64)51(63)32-47(59)45-26-37(5)28-57(39(45)7)66-53-20-12-8-16-41(53)42-17-9-13-21-54(42)66/h8-14,16-22,26-33,35-36H,15,23-25,34,65H2,1-7H3. The summed E-state index contributed by atoms with van der Waals surface area (Å²) in [5.74, 6) is -2.75. The quantitative estimate of drug-likeness (QED) is 0.0980. The summed E-state index contributed by atoms with van der Waals surface area (Å²) in [6, 6.07) is 38.1. The molecular weight excluding hydrogens is 887 g/mol. The first-order valence-corrected chi connectivity index (χ1v) is 25.9. The minimum atomic E-state index is -1.78.